The molecule has 1 heterocycles. The molecule has 4 nitrogen and oxygen atoms in total. The van der Waals surface area contributed by atoms with Crippen molar-refractivity contribution in [3.05, 3.63) is 29.3 Å². The van der Waals surface area contributed by atoms with Crippen LogP contribution in [0.3, 0.4) is 0 Å². The van der Waals surface area contributed by atoms with Crippen molar-refractivity contribution in [2.45, 2.75) is 26.7 Å². The van der Waals surface area contributed by atoms with Gasteiger partial charge in [-0.3, -0.25) is 4.79 Å². The summed E-state index contributed by atoms with van der Waals surface area (Å²) in [7, 11) is 1.67. The fraction of sp³-hybridized carbons (Fsp3) is 0.588. The molecule has 1 aliphatic heterocycles. The van der Waals surface area contributed by atoms with Gasteiger partial charge in [0.15, 0.2) is 0 Å². The maximum Gasteiger partial charge on any atom is 0.254 e. The summed E-state index contributed by atoms with van der Waals surface area (Å²) in [4.78, 5) is 14.8. The second kappa shape index (κ2) is 9.01. The number of fused-ring (bicyclic) bond motifs is 1. The lowest BCUT2D eigenvalue weighted by atomic mass is 9.96. The minimum absolute atomic E-state index is 0. The molecule has 0 fully saturated rings. The number of nitrogens with zero attached hydrogens (tertiary/aromatic N) is 1. The van der Waals surface area contributed by atoms with Crippen molar-refractivity contribution in [2.24, 2.45) is 5.92 Å². The number of hydrogen-bond donors (Lipinski definition) is 1. The zero-order chi connectivity index (χ0) is 15.2. The predicted molar refractivity (Wildman–Crippen MR) is 93.1 cm³/mol. The predicted octanol–water partition coefficient (Wildman–Crippen LogP) is 3.21. The fourth-order valence-electron chi connectivity index (χ4n) is 2.80. The summed E-state index contributed by atoms with van der Waals surface area (Å²) < 4.78 is 5.15. The van der Waals surface area contributed by atoms with Gasteiger partial charge in [0.25, 0.3) is 5.91 Å². The van der Waals surface area contributed by atoms with Gasteiger partial charge < -0.3 is 15.0 Å². The van der Waals surface area contributed by atoms with Crippen LogP contribution in [-0.2, 0) is 11.2 Å². The Morgan fingerprint density at radius 1 is 1.41 bits per heavy atom. The number of ether oxygens (including phenoxy) is 1. The van der Waals surface area contributed by atoms with Crippen molar-refractivity contribution in [2.75, 3.05) is 38.7 Å². The molecule has 0 unspecified atom stereocenters. The number of anilines is 1. The first-order valence-electron chi connectivity index (χ1n) is 7.77. The van der Waals surface area contributed by atoms with Crippen LogP contribution in [-0.4, -0.2) is 44.2 Å². The number of nitrogens with one attached hydrogen (secondary N) is 1. The van der Waals surface area contributed by atoms with E-state index in [-0.39, 0.29) is 18.3 Å². The molecule has 124 valence electrons. The first-order chi connectivity index (χ1) is 10.1. The molecule has 2 rings (SSSR count). The minimum Gasteiger partial charge on any atom is -0.385 e. The summed E-state index contributed by atoms with van der Waals surface area (Å²) in [5.41, 5.74) is 3.12. The normalized spacial score (nSPS) is 13.1. The SMILES string of the molecule is COCCN(CC(C)C)C(=O)c1cccc2c1CCCN2.Cl. The van der Waals surface area contributed by atoms with Gasteiger partial charge >= 0.3 is 0 Å². The molecule has 1 aliphatic rings. The summed E-state index contributed by atoms with van der Waals surface area (Å²) in [6.07, 6.45) is 2.06. The standard InChI is InChI=1S/C17H26N2O2.ClH/c1-13(2)12-19(10-11-21-3)17(20)15-6-4-8-16-14(15)7-5-9-18-16;/h4,6,8,13,18H,5,7,9-12H2,1-3H3;1H. The van der Waals surface area contributed by atoms with E-state index in [2.05, 4.69) is 25.2 Å². The van der Waals surface area contributed by atoms with Gasteiger partial charge in [0, 0.05) is 38.0 Å². The molecule has 1 amide bonds. The van der Waals surface area contributed by atoms with Crippen molar-refractivity contribution in [1.82, 2.24) is 4.90 Å². The van der Waals surface area contributed by atoms with Crippen LogP contribution in [0.15, 0.2) is 18.2 Å². The first kappa shape index (κ1) is 18.8. The number of amides is 1. The van der Waals surface area contributed by atoms with E-state index < -0.39 is 0 Å². The number of hydrogen-bond acceptors (Lipinski definition) is 3. The molecule has 0 aliphatic carbocycles. The quantitative estimate of drug-likeness (QED) is 0.872. The number of halogens is 1. The van der Waals surface area contributed by atoms with Gasteiger partial charge in [0.2, 0.25) is 0 Å². The molecule has 1 N–H and O–H groups in total. The maximum absolute atomic E-state index is 12.9. The van der Waals surface area contributed by atoms with Crippen molar-refractivity contribution < 1.29 is 9.53 Å². The molecule has 0 atom stereocenters. The molecule has 1 aromatic rings. The zero-order valence-corrected chi connectivity index (χ0v) is 14.5. The van der Waals surface area contributed by atoms with Gasteiger partial charge in [0.1, 0.15) is 0 Å². The highest BCUT2D eigenvalue weighted by molar-refractivity contribution is 5.97. The molecule has 22 heavy (non-hydrogen) atoms. The lowest BCUT2D eigenvalue weighted by molar-refractivity contribution is 0.0671. The number of carbonyl (C=O) groups is 1. The topological polar surface area (TPSA) is 41.6 Å². The molecule has 0 radical (unpaired) electrons. The maximum atomic E-state index is 12.9. The van der Waals surface area contributed by atoms with Crippen molar-refractivity contribution in [3.63, 3.8) is 0 Å². The van der Waals surface area contributed by atoms with Gasteiger partial charge in [-0.2, -0.15) is 0 Å². The van der Waals surface area contributed by atoms with Crippen LogP contribution in [0.1, 0.15) is 36.2 Å². The summed E-state index contributed by atoms with van der Waals surface area (Å²) in [5, 5.41) is 3.39. The molecule has 0 saturated carbocycles. The van der Waals surface area contributed by atoms with Crippen LogP contribution >= 0.6 is 12.4 Å². The first-order valence-corrected chi connectivity index (χ1v) is 7.77. The van der Waals surface area contributed by atoms with E-state index in [4.69, 9.17) is 4.74 Å². The summed E-state index contributed by atoms with van der Waals surface area (Å²) in [5.74, 6) is 0.574. The Kier molecular flexibility index (Phi) is 7.69. The van der Waals surface area contributed by atoms with Crippen LogP contribution in [0.2, 0.25) is 0 Å². The van der Waals surface area contributed by atoms with Crippen molar-refractivity contribution in [1.29, 1.82) is 0 Å². The molecule has 5 heteroatoms. The summed E-state index contributed by atoms with van der Waals surface area (Å²) in [6, 6.07) is 5.98. The van der Waals surface area contributed by atoms with Crippen LogP contribution in [0.4, 0.5) is 5.69 Å². The molecule has 0 aromatic heterocycles. The molecular formula is C17H27ClN2O2. The van der Waals surface area contributed by atoms with E-state index in [9.17, 15) is 4.79 Å². The highest BCUT2D eigenvalue weighted by atomic mass is 35.5. The Balaban J connectivity index is 0.00000242. The van der Waals surface area contributed by atoms with Crippen molar-refractivity contribution >= 4 is 24.0 Å². The summed E-state index contributed by atoms with van der Waals surface area (Å²) >= 11 is 0. The second-order valence-electron chi connectivity index (χ2n) is 6.00. The average molecular weight is 327 g/mol. The van der Waals surface area contributed by atoms with E-state index in [0.717, 1.165) is 37.2 Å². The van der Waals surface area contributed by atoms with Crippen LogP contribution < -0.4 is 5.32 Å². The van der Waals surface area contributed by atoms with E-state index in [1.807, 2.05) is 17.0 Å². The van der Waals surface area contributed by atoms with Gasteiger partial charge in [-0.15, -0.1) is 12.4 Å². The monoisotopic (exact) mass is 326 g/mol. The molecule has 1 aromatic carbocycles. The Hall–Kier alpha value is -1.26. The number of benzene rings is 1. The Labute approximate surface area is 139 Å². The van der Waals surface area contributed by atoms with Crippen LogP contribution in [0.25, 0.3) is 0 Å². The average Bonchev–Trinajstić information content (AvgIpc) is 2.50. The number of methoxy groups -OCH3 is 1. The van der Waals surface area contributed by atoms with E-state index in [1.165, 1.54) is 5.56 Å². The highest BCUT2D eigenvalue weighted by Gasteiger charge is 2.22. The lowest BCUT2D eigenvalue weighted by Gasteiger charge is -2.27. The lowest BCUT2D eigenvalue weighted by Crippen LogP contribution is -2.37. The minimum atomic E-state index is 0. The molecule has 0 spiro atoms. The van der Waals surface area contributed by atoms with Crippen LogP contribution in [0.5, 0.6) is 0 Å². The third kappa shape index (κ3) is 4.62. The molecular weight excluding hydrogens is 300 g/mol. The highest BCUT2D eigenvalue weighted by Crippen LogP contribution is 2.26. The third-order valence-corrected chi connectivity index (χ3v) is 3.76. The third-order valence-electron chi connectivity index (χ3n) is 3.76. The van der Waals surface area contributed by atoms with E-state index in [0.29, 0.717) is 19.1 Å². The summed E-state index contributed by atoms with van der Waals surface area (Å²) in [6.45, 7) is 7.24. The van der Waals surface area contributed by atoms with E-state index in [1.54, 1.807) is 7.11 Å². The number of rotatable bonds is 6. The smallest absolute Gasteiger partial charge is 0.254 e. The molecule has 0 bridgehead atoms. The molecule has 0 saturated heterocycles. The second-order valence-corrected chi connectivity index (χ2v) is 6.00. The van der Waals surface area contributed by atoms with Gasteiger partial charge in [-0.1, -0.05) is 19.9 Å². The van der Waals surface area contributed by atoms with Gasteiger partial charge in [-0.05, 0) is 36.5 Å². The largest absolute Gasteiger partial charge is 0.385 e. The zero-order valence-electron chi connectivity index (χ0n) is 13.7. The van der Waals surface area contributed by atoms with Crippen molar-refractivity contribution in [3.8, 4) is 0 Å². The Morgan fingerprint density at radius 3 is 2.86 bits per heavy atom. The van der Waals surface area contributed by atoms with E-state index >= 15 is 0 Å². The Bertz CT molecular complexity index is 492. The van der Waals surface area contributed by atoms with Gasteiger partial charge in [0.05, 0.1) is 6.61 Å². The Morgan fingerprint density at radius 2 is 2.18 bits per heavy atom. The fourth-order valence-corrected chi connectivity index (χ4v) is 2.80. The number of carbonyl (C=O) groups excluding carboxylic acids is 1. The van der Waals surface area contributed by atoms with Gasteiger partial charge in [-0.25, -0.2) is 0 Å². The van der Waals surface area contributed by atoms with Crippen LogP contribution in [0, 0.1) is 5.92 Å².